The highest BCUT2D eigenvalue weighted by Crippen LogP contribution is 2.41. The first-order valence-electron chi connectivity index (χ1n) is 13.6. The Kier molecular flexibility index (Phi) is 9.08. The number of rotatable bonds is 8. The Morgan fingerprint density at radius 3 is 2.31 bits per heavy atom. The summed E-state index contributed by atoms with van der Waals surface area (Å²) in [5, 5.41) is 12.8. The molecule has 0 saturated heterocycles. The fourth-order valence-corrected chi connectivity index (χ4v) is 6.78. The lowest BCUT2D eigenvalue weighted by atomic mass is 9.81. The zero-order valence-corrected chi connectivity index (χ0v) is 23.2. The van der Waals surface area contributed by atoms with E-state index in [1.165, 1.54) is 17.7 Å². The molecule has 0 bridgehead atoms. The third-order valence-electron chi connectivity index (χ3n) is 8.35. The molecule has 2 aliphatic rings. The summed E-state index contributed by atoms with van der Waals surface area (Å²) in [6.45, 7) is 4.70. The van der Waals surface area contributed by atoms with Crippen molar-refractivity contribution in [2.24, 2.45) is 5.92 Å². The summed E-state index contributed by atoms with van der Waals surface area (Å²) >= 11 is 0. The highest BCUT2D eigenvalue weighted by molar-refractivity contribution is 7.91. The third kappa shape index (κ3) is 6.66. The van der Waals surface area contributed by atoms with Gasteiger partial charge in [0.2, 0.25) is 0 Å². The number of amides is 1. The second kappa shape index (κ2) is 12.0. The molecule has 214 valence electrons. The van der Waals surface area contributed by atoms with Gasteiger partial charge in [-0.15, -0.1) is 0 Å². The lowest BCUT2D eigenvalue weighted by molar-refractivity contribution is -0.184. The van der Waals surface area contributed by atoms with E-state index < -0.39 is 28.0 Å². The molecule has 2 N–H and O–H groups in total. The highest BCUT2D eigenvalue weighted by atomic mass is 32.2. The van der Waals surface area contributed by atoms with Crippen molar-refractivity contribution < 1.29 is 31.5 Å². The number of carbonyl (C=O) groups excluding carboxylic acids is 1. The van der Waals surface area contributed by atoms with Gasteiger partial charge in [0, 0.05) is 24.7 Å². The normalized spacial score (nSPS) is 23.2. The number of alkyl halides is 3. The number of benzene rings is 2. The van der Waals surface area contributed by atoms with Gasteiger partial charge < -0.3 is 10.4 Å². The van der Waals surface area contributed by atoms with Crippen molar-refractivity contribution in [3.8, 4) is 0 Å². The van der Waals surface area contributed by atoms with Crippen LogP contribution in [0.1, 0.15) is 85.0 Å². The molecule has 1 aliphatic heterocycles. The van der Waals surface area contributed by atoms with Crippen LogP contribution in [-0.2, 0) is 16.4 Å². The van der Waals surface area contributed by atoms with Crippen LogP contribution in [0.15, 0.2) is 47.4 Å². The lowest BCUT2D eigenvalue weighted by Crippen LogP contribution is -2.44. The Morgan fingerprint density at radius 1 is 1.08 bits per heavy atom. The first-order chi connectivity index (χ1) is 18.5. The fraction of sp³-hybridized carbons (Fsp3) is 0.552. The molecule has 4 rings (SSSR count). The monoisotopic (exact) mass is 566 g/mol. The number of nitrogens with zero attached hydrogens (tertiary/aromatic N) is 1. The lowest BCUT2D eigenvalue weighted by Gasteiger charge is -2.42. The van der Waals surface area contributed by atoms with Gasteiger partial charge in [-0.05, 0) is 79.0 Å². The van der Waals surface area contributed by atoms with E-state index >= 15 is 0 Å². The minimum Gasteiger partial charge on any atom is -0.394 e. The van der Waals surface area contributed by atoms with Crippen molar-refractivity contribution in [1.82, 2.24) is 10.2 Å². The number of aliphatic hydroxyl groups excluding tert-OH is 1. The van der Waals surface area contributed by atoms with Crippen LogP contribution in [0.5, 0.6) is 0 Å². The Labute approximate surface area is 228 Å². The van der Waals surface area contributed by atoms with Gasteiger partial charge >= 0.3 is 6.18 Å². The number of aliphatic hydroxyl groups is 1. The van der Waals surface area contributed by atoms with E-state index in [-0.39, 0.29) is 48.0 Å². The average Bonchev–Trinajstić information content (AvgIpc) is 2.94. The summed E-state index contributed by atoms with van der Waals surface area (Å²) in [7, 11) is -3.36. The van der Waals surface area contributed by atoms with E-state index in [0.29, 0.717) is 30.5 Å². The van der Waals surface area contributed by atoms with Crippen molar-refractivity contribution in [1.29, 1.82) is 0 Å². The van der Waals surface area contributed by atoms with Gasteiger partial charge in [-0.1, -0.05) is 32.0 Å². The van der Waals surface area contributed by atoms with Gasteiger partial charge in [-0.2, -0.15) is 13.2 Å². The van der Waals surface area contributed by atoms with Gasteiger partial charge in [-0.25, -0.2) is 8.42 Å². The zero-order chi connectivity index (χ0) is 28.4. The number of carbonyl (C=O) groups is 1. The van der Waals surface area contributed by atoms with E-state index in [0.717, 1.165) is 18.5 Å². The number of halogens is 3. The zero-order valence-electron chi connectivity index (χ0n) is 22.4. The molecule has 2 unspecified atom stereocenters. The SMILES string of the molecule is CCC1CN(C2CCC(C(F)(F)F)CC2)Cc2cc(C(=O)NC(CO)c3ccc(S(=O)(=O)CC)cc3)ccc21. The summed E-state index contributed by atoms with van der Waals surface area (Å²) < 4.78 is 63.6. The molecule has 1 fully saturated rings. The third-order valence-corrected chi connectivity index (χ3v) is 10.1. The van der Waals surface area contributed by atoms with Gasteiger partial charge in [0.25, 0.3) is 5.91 Å². The summed E-state index contributed by atoms with van der Waals surface area (Å²) in [5.74, 6) is -1.35. The molecule has 1 aliphatic carbocycles. The Balaban J connectivity index is 1.47. The van der Waals surface area contributed by atoms with E-state index in [4.69, 9.17) is 0 Å². The maximum Gasteiger partial charge on any atom is 0.391 e. The molecule has 2 atom stereocenters. The first-order valence-corrected chi connectivity index (χ1v) is 15.3. The topological polar surface area (TPSA) is 86.7 Å². The standard InChI is InChI=1S/C29H37F3N2O4S/c1-3-19-16-34(24-10-8-23(9-11-24)29(30,31)32)17-22-15-21(7-14-26(19)22)28(36)33-27(18-35)20-5-12-25(13-6-20)39(37,38)4-2/h5-7,12-15,19,23-24,27,35H,3-4,8-11,16-18H2,1-2H3,(H,33,36). The summed E-state index contributed by atoms with van der Waals surface area (Å²) in [6.07, 6.45) is -1.88. The van der Waals surface area contributed by atoms with Crippen LogP contribution in [0.4, 0.5) is 13.2 Å². The van der Waals surface area contributed by atoms with Gasteiger partial charge in [0.15, 0.2) is 9.84 Å². The second-order valence-corrected chi connectivity index (χ2v) is 13.0. The van der Waals surface area contributed by atoms with Gasteiger partial charge in [0.05, 0.1) is 29.2 Å². The van der Waals surface area contributed by atoms with Crippen LogP contribution in [-0.4, -0.2) is 55.5 Å². The summed E-state index contributed by atoms with van der Waals surface area (Å²) in [5.41, 5.74) is 3.20. The molecule has 10 heteroatoms. The number of sulfone groups is 1. The van der Waals surface area contributed by atoms with Crippen LogP contribution >= 0.6 is 0 Å². The van der Waals surface area contributed by atoms with Crippen LogP contribution < -0.4 is 5.32 Å². The van der Waals surface area contributed by atoms with Crippen molar-refractivity contribution in [3.63, 3.8) is 0 Å². The smallest absolute Gasteiger partial charge is 0.391 e. The molecule has 2 aromatic carbocycles. The molecule has 6 nitrogen and oxygen atoms in total. The first kappa shape index (κ1) is 29.6. The van der Waals surface area contributed by atoms with Crippen molar-refractivity contribution in [3.05, 3.63) is 64.7 Å². The highest BCUT2D eigenvalue weighted by Gasteiger charge is 2.42. The van der Waals surface area contributed by atoms with Crippen LogP contribution in [0.3, 0.4) is 0 Å². The molecule has 1 heterocycles. The average molecular weight is 567 g/mol. The number of hydrogen-bond acceptors (Lipinski definition) is 5. The molecular weight excluding hydrogens is 529 g/mol. The Bertz CT molecular complexity index is 1260. The van der Waals surface area contributed by atoms with Gasteiger partial charge in [0.1, 0.15) is 0 Å². The van der Waals surface area contributed by atoms with E-state index in [9.17, 15) is 31.5 Å². The van der Waals surface area contributed by atoms with Crippen LogP contribution in [0, 0.1) is 5.92 Å². The fourth-order valence-electron chi connectivity index (χ4n) is 5.89. The quantitative estimate of drug-likeness (QED) is 0.449. The molecule has 0 radical (unpaired) electrons. The maximum atomic E-state index is 13.2. The molecular formula is C29H37F3N2O4S. The molecule has 2 aromatic rings. The molecule has 39 heavy (non-hydrogen) atoms. The molecule has 1 saturated carbocycles. The molecule has 0 aromatic heterocycles. The minimum absolute atomic E-state index is 0.0179. The molecule has 1 amide bonds. The van der Waals surface area contributed by atoms with Crippen molar-refractivity contribution in [2.75, 3.05) is 18.9 Å². The summed E-state index contributed by atoms with van der Waals surface area (Å²) in [4.78, 5) is 15.6. The van der Waals surface area contributed by atoms with E-state index in [2.05, 4.69) is 17.1 Å². The Hall–Kier alpha value is -2.43. The maximum absolute atomic E-state index is 13.2. The van der Waals surface area contributed by atoms with E-state index in [1.54, 1.807) is 25.1 Å². The largest absolute Gasteiger partial charge is 0.394 e. The summed E-state index contributed by atoms with van der Waals surface area (Å²) in [6, 6.07) is 11.1. The van der Waals surface area contributed by atoms with Gasteiger partial charge in [-0.3, -0.25) is 9.69 Å². The number of nitrogens with one attached hydrogen (secondary N) is 1. The van der Waals surface area contributed by atoms with E-state index in [1.807, 2.05) is 12.1 Å². The molecule has 0 spiro atoms. The van der Waals surface area contributed by atoms with Crippen molar-refractivity contribution in [2.45, 2.75) is 81.6 Å². The number of hydrogen-bond donors (Lipinski definition) is 2. The predicted octanol–water partition coefficient (Wildman–Crippen LogP) is 5.37. The predicted molar refractivity (Wildman–Crippen MR) is 143 cm³/mol. The van der Waals surface area contributed by atoms with Crippen molar-refractivity contribution >= 4 is 15.7 Å². The Morgan fingerprint density at radius 2 is 1.74 bits per heavy atom. The van der Waals surface area contributed by atoms with Crippen LogP contribution in [0.2, 0.25) is 0 Å². The number of fused-ring (bicyclic) bond motifs is 1. The second-order valence-electron chi connectivity index (χ2n) is 10.7. The van der Waals surface area contributed by atoms with Crippen LogP contribution in [0.25, 0.3) is 0 Å². The minimum atomic E-state index is -4.13.